The molecule has 0 atom stereocenters. The number of rotatable bonds is 4. The number of carbonyl (C=O) groups is 2. The average molecular weight is 422 g/mol. The zero-order valence-electron chi connectivity index (χ0n) is 15.1. The topological polar surface area (TPSA) is 119 Å². The highest BCUT2D eigenvalue weighted by molar-refractivity contribution is 7.18. The number of halogens is 1. The summed E-state index contributed by atoms with van der Waals surface area (Å²) >= 11 is 7.29. The predicted octanol–water partition coefficient (Wildman–Crippen LogP) is 4.45. The van der Waals surface area contributed by atoms with Gasteiger partial charge in [-0.25, -0.2) is 4.79 Å². The molecule has 11 heteroatoms. The minimum atomic E-state index is -0.707. The average Bonchev–Trinajstić information content (AvgIpc) is 3.23. The molecule has 0 bridgehead atoms. The van der Waals surface area contributed by atoms with Crippen molar-refractivity contribution in [3.8, 4) is 10.6 Å². The van der Waals surface area contributed by atoms with E-state index in [2.05, 4.69) is 26.0 Å². The van der Waals surface area contributed by atoms with Crippen LogP contribution in [-0.4, -0.2) is 33.0 Å². The molecule has 2 aromatic heterocycles. The number of anilines is 2. The summed E-state index contributed by atoms with van der Waals surface area (Å²) in [6.45, 7) is 5.19. The summed E-state index contributed by atoms with van der Waals surface area (Å²) in [5.74, 6) is -0.652. The third-order valence-electron chi connectivity index (χ3n) is 3.11. The Balaban J connectivity index is 1.64. The highest BCUT2D eigenvalue weighted by Gasteiger charge is 2.20. The number of nitrogens with zero attached hydrogens (tertiary/aromatic N) is 3. The summed E-state index contributed by atoms with van der Waals surface area (Å²) in [4.78, 5) is 24.0. The molecule has 2 amide bonds. The zero-order valence-corrected chi connectivity index (χ0v) is 16.7. The highest BCUT2D eigenvalue weighted by Crippen LogP contribution is 2.31. The molecule has 2 N–H and O–H groups in total. The van der Waals surface area contributed by atoms with Crippen molar-refractivity contribution in [1.82, 2.24) is 15.4 Å². The molecule has 0 aliphatic rings. The second-order valence-corrected chi connectivity index (χ2v) is 7.93. The van der Waals surface area contributed by atoms with Crippen molar-refractivity contribution >= 4 is 45.9 Å². The van der Waals surface area contributed by atoms with Gasteiger partial charge in [-0.3, -0.25) is 15.4 Å². The molecule has 9 nitrogen and oxygen atoms in total. The first-order valence-electron chi connectivity index (χ1n) is 8.08. The minimum Gasteiger partial charge on any atom is -0.444 e. The second kappa shape index (κ2) is 7.95. The lowest BCUT2D eigenvalue weighted by Crippen LogP contribution is -2.27. The van der Waals surface area contributed by atoms with E-state index in [1.807, 2.05) is 12.1 Å². The van der Waals surface area contributed by atoms with E-state index in [4.69, 9.17) is 20.9 Å². The van der Waals surface area contributed by atoms with Crippen LogP contribution in [0.15, 0.2) is 34.9 Å². The van der Waals surface area contributed by atoms with Crippen LogP contribution in [0.2, 0.25) is 5.02 Å². The van der Waals surface area contributed by atoms with Gasteiger partial charge in [0.05, 0.1) is 5.02 Å². The Hall–Kier alpha value is -2.98. The van der Waals surface area contributed by atoms with E-state index in [1.165, 1.54) is 6.07 Å². The van der Waals surface area contributed by atoms with Crippen molar-refractivity contribution in [3.63, 3.8) is 0 Å². The van der Waals surface area contributed by atoms with Gasteiger partial charge in [0.1, 0.15) is 5.60 Å². The fraction of sp³-hybridized carbons (Fsp3) is 0.235. The number of carbonyl (C=O) groups excluding carboxylic acids is 2. The van der Waals surface area contributed by atoms with Crippen molar-refractivity contribution in [2.45, 2.75) is 26.4 Å². The summed E-state index contributed by atoms with van der Waals surface area (Å²) in [6, 6.07) is 8.45. The number of hydrogen-bond donors (Lipinski definition) is 2. The Labute approximate surface area is 169 Å². The molecule has 0 unspecified atom stereocenters. The number of nitrogens with one attached hydrogen (secondary N) is 2. The van der Waals surface area contributed by atoms with Gasteiger partial charge in [0.2, 0.25) is 10.9 Å². The standard InChI is InChI=1S/C17H16ClN5O4S/c1-17(2,3)26-16(25)19-12-8-11(27-23-12)13(24)20-15-22-21-14(28-15)9-6-4-5-7-10(9)18/h4-8H,1-3H3,(H,19,23,25)(H,20,22,24). The molecule has 0 saturated carbocycles. The van der Waals surface area contributed by atoms with Gasteiger partial charge >= 0.3 is 6.09 Å². The van der Waals surface area contributed by atoms with Gasteiger partial charge in [-0.15, -0.1) is 10.2 Å². The van der Waals surface area contributed by atoms with Crippen LogP contribution >= 0.6 is 22.9 Å². The number of hydrogen-bond acceptors (Lipinski definition) is 8. The minimum absolute atomic E-state index is 0.0495. The van der Waals surface area contributed by atoms with Crippen LogP contribution in [0.1, 0.15) is 31.3 Å². The van der Waals surface area contributed by atoms with Gasteiger partial charge in [-0.05, 0) is 26.8 Å². The first-order valence-corrected chi connectivity index (χ1v) is 9.27. The number of amides is 2. The smallest absolute Gasteiger partial charge is 0.413 e. The SMILES string of the molecule is CC(C)(C)OC(=O)Nc1cc(C(=O)Nc2nnc(-c3ccccc3Cl)s2)on1. The van der Waals surface area contributed by atoms with Crippen molar-refractivity contribution in [1.29, 1.82) is 0 Å². The second-order valence-electron chi connectivity index (χ2n) is 6.55. The van der Waals surface area contributed by atoms with Crippen molar-refractivity contribution in [2.75, 3.05) is 10.6 Å². The zero-order chi connectivity index (χ0) is 20.3. The fourth-order valence-corrected chi connectivity index (χ4v) is 3.08. The summed E-state index contributed by atoms with van der Waals surface area (Å²) in [5.41, 5.74) is 0.0521. The summed E-state index contributed by atoms with van der Waals surface area (Å²) < 4.78 is 10.0. The number of benzene rings is 1. The molecular weight excluding hydrogens is 406 g/mol. The molecule has 28 heavy (non-hydrogen) atoms. The first-order chi connectivity index (χ1) is 13.2. The first kappa shape index (κ1) is 19.8. The van der Waals surface area contributed by atoms with Gasteiger partial charge in [-0.2, -0.15) is 0 Å². The van der Waals surface area contributed by atoms with Crippen LogP contribution < -0.4 is 10.6 Å². The van der Waals surface area contributed by atoms with Crippen LogP contribution in [-0.2, 0) is 4.74 Å². The quantitative estimate of drug-likeness (QED) is 0.638. The lowest BCUT2D eigenvalue weighted by Gasteiger charge is -2.18. The van der Waals surface area contributed by atoms with E-state index in [9.17, 15) is 9.59 Å². The van der Waals surface area contributed by atoms with E-state index < -0.39 is 17.6 Å². The molecule has 0 aliphatic carbocycles. The van der Waals surface area contributed by atoms with Crippen LogP contribution in [0.25, 0.3) is 10.6 Å². The van der Waals surface area contributed by atoms with Gasteiger partial charge in [0.25, 0.3) is 5.91 Å². The molecule has 0 saturated heterocycles. The third-order valence-corrected chi connectivity index (χ3v) is 4.31. The molecule has 1 aromatic carbocycles. The van der Waals surface area contributed by atoms with Crippen LogP contribution in [0.4, 0.5) is 15.7 Å². The maximum atomic E-state index is 12.3. The monoisotopic (exact) mass is 421 g/mol. The molecule has 0 aliphatic heterocycles. The summed E-state index contributed by atoms with van der Waals surface area (Å²) in [7, 11) is 0. The third kappa shape index (κ3) is 5.05. The molecule has 0 spiro atoms. The van der Waals surface area contributed by atoms with Crippen molar-refractivity contribution in [3.05, 3.63) is 41.1 Å². The van der Waals surface area contributed by atoms with E-state index >= 15 is 0 Å². The van der Waals surface area contributed by atoms with Crippen molar-refractivity contribution < 1.29 is 18.8 Å². The van der Waals surface area contributed by atoms with Crippen LogP contribution in [0.5, 0.6) is 0 Å². The maximum absolute atomic E-state index is 12.3. The van der Waals surface area contributed by atoms with Gasteiger partial charge in [0, 0.05) is 11.6 Å². The molecule has 2 heterocycles. The Morgan fingerprint density at radius 1 is 1.18 bits per heavy atom. The molecular formula is C17H16ClN5O4S. The summed E-state index contributed by atoms with van der Waals surface area (Å²) in [6.07, 6.45) is -0.707. The van der Waals surface area contributed by atoms with Crippen molar-refractivity contribution in [2.24, 2.45) is 0 Å². The van der Waals surface area contributed by atoms with E-state index in [0.717, 1.165) is 11.3 Å². The van der Waals surface area contributed by atoms with Crippen LogP contribution in [0.3, 0.4) is 0 Å². The largest absolute Gasteiger partial charge is 0.444 e. The summed E-state index contributed by atoms with van der Waals surface area (Å²) in [5, 5.41) is 17.9. The Morgan fingerprint density at radius 2 is 1.93 bits per heavy atom. The Kier molecular flexibility index (Phi) is 5.61. The molecule has 0 radical (unpaired) electrons. The van der Waals surface area contributed by atoms with Gasteiger partial charge in [0.15, 0.2) is 10.8 Å². The molecule has 146 valence electrons. The molecule has 3 rings (SSSR count). The highest BCUT2D eigenvalue weighted by atomic mass is 35.5. The van der Waals surface area contributed by atoms with Gasteiger partial charge in [-0.1, -0.05) is 46.3 Å². The molecule has 3 aromatic rings. The van der Waals surface area contributed by atoms with Gasteiger partial charge < -0.3 is 9.26 Å². The lowest BCUT2D eigenvalue weighted by atomic mass is 10.2. The Bertz CT molecular complexity index is 1010. The van der Waals surface area contributed by atoms with E-state index in [-0.39, 0.29) is 16.7 Å². The maximum Gasteiger partial charge on any atom is 0.413 e. The van der Waals surface area contributed by atoms with Crippen LogP contribution in [0, 0.1) is 0 Å². The normalized spacial score (nSPS) is 11.1. The van der Waals surface area contributed by atoms with E-state index in [1.54, 1.807) is 32.9 Å². The number of aromatic nitrogens is 3. The van der Waals surface area contributed by atoms with E-state index in [0.29, 0.717) is 15.6 Å². The Morgan fingerprint density at radius 3 is 2.64 bits per heavy atom. The number of ether oxygens (including phenoxy) is 1. The molecule has 0 fully saturated rings. The predicted molar refractivity (Wildman–Crippen MR) is 105 cm³/mol. The fourth-order valence-electron chi connectivity index (χ4n) is 2.03. The lowest BCUT2D eigenvalue weighted by molar-refractivity contribution is 0.0634.